The predicted octanol–water partition coefficient (Wildman–Crippen LogP) is 5.82. The average molecular weight is 424 g/mol. The lowest BCUT2D eigenvalue weighted by atomic mass is 9.72. The zero-order valence-corrected chi connectivity index (χ0v) is 19.5. The molecule has 1 aliphatic carbocycles. The molecule has 0 bridgehead atoms. The number of likely N-dealkylation sites (tertiary alicyclic amines) is 1. The number of hydrogen-bond donors (Lipinski definition) is 0. The Bertz CT molecular complexity index is 908. The molecule has 1 heterocycles. The molecule has 2 aromatic rings. The smallest absolute Gasteiger partial charge is 0.310 e. The molecule has 1 atom stereocenters. The van der Waals surface area contributed by atoms with Crippen molar-refractivity contribution in [2.45, 2.75) is 65.5 Å². The third kappa shape index (κ3) is 5.23. The number of benzene rings is 2. The number of fused-ring (bicyclic) bond motifs is 1. The van der Waals surface area contributed by atoms with Gasteiger partial charge in [-0.1, -0.05) is 45.0 Å². The quantitative estimate of drug-likeness (QED) is 0.568. The minimum atomic E-state index is -0.0839. The van der Waals surface area contributed by atoms with Crippen molar-refractivity contribution in [1.29, 1.82) is 0 Å². The summed E-state index contributed by atoms with van der Waals surface area (Å²) in [7, 11) is 1.48. The minimum absolute atomic E-state index is 0.0128. The molecule has 0 N–H and O–H groups in total. The summed E-state index contributed by atoms with van der Waals surface area (Å²) in [5.74, 6) is 1.74. The van der Waals surface area contributed by atoms with E-state index < -0.39 is 0 Å². The summed E-state index contributed by atoms with van der Waals surface area (Å²) < 4.78 is 11.4. The first-order valence-electron chi connectivity index (χ1n) is 11.8. The molecule has 4 rings (SSSR count). The summed E-state index contributed by atoms with van der Waals surface area (Å²) in [5.41, 5.74) is 1.67. The van der Waals surface area contributed by atoms with Gasteiger partial charge in [0.1, 0.15) is 5.75 Å². The van der Waals surface area contributed by atoms with E-state index in [-0.39, 0.29) is 11.9 Å². The fourth-order valence-electron chi connectivity index (χ4n) is 5.32. The molecule has 2 aliphatic rings. The first kappa shape index (κ1) is 22.1. The van der Waals surface area contributed by atoms with Gasteiger partial charge < -0.3 is 9.47 Å². The highest BCUT2D eigenvalue weighted by molar-refractivity contribution is 5.88. The Labute approximate surface area is 186 Å². The second-order valence-electron chi connectivity index (χ2n) is 10.5. The van der Waals surface area contributed by atoms with E-state index in [0.717, 1.165) is 50.6 Å². The number of nitrogens with zero attached hydrogens (tertiary/aromatic N) is 1. The Balaban J connectivity index is 1.40. The van der Waals surface area contributed by atoms with Crippen molar-refractivity contribution >= 4 is 16.7 Å². The molecule has 1 saturated heterocycles. The van der Waals surface area contributed by atoms with Crippen LogP contribution in [-0.2, 0) is 16.1 Å². The second-order valence-corrected chi connectivity index (χ2v) is 10.5. The highest BCUT2D eigenvalue weighted by Gasteiger charge is 2.31. The Morgan fingerprint density at radius 2 is 1.84 bits per heavy atom. The van der Waals surface area contributed by atoms with Crippen LogP contribution < -0.4 is 4.74 Å². The fourth-order valence-corrected chi connectivity index (χ4v) is 5.32. The molecule has 31 heavy (non-hydrogen) atoms. The van der Waals surface area contributed by atoms with Crippen molar-refractivity contribution in [2.75, 3.05) is 20.2 Å². The summed E-state index contributed by atoms with van der Waals surface area (Å²) in [4.78, 5) is 14.1. The number of carbonyl (C=O) groups excluding carboxylic acids is 1. The van der Waals surface area contributed by atoms with Crippen LogP contribution in [0.1, 0.15) is 58.4 Å². The van der Waals surface area contributed by atoms with E-state index in [0.29, 0.717) is 11.5 Å². The average Bonchev–Trinajstić information content (AvgIpc) is 3.21. The molecule has 0 aromatic heterocycles. The second kappa shape index (κ2) is 9.20. The van der Waals surface area contributed by atoms with Crippen LogP contribution in [0.3, 0.4) is 0 Å². The van der Waals surface area contributed by atoms with Crippen LogP contribution in [0.15, 0.2) is 36.4 Å². The van der Waals surface area contributed by atoms with E-state index in [4.69, 9.17) is 9.47 Å². The molecule has 2 fully saturated rings. The topological polar surface area (TPSA) is 38.8 Å². The van der Waals surface area contributed by atoms with Crippen molar-refractivity contribution < 1.29 is 14.3 Å². The van der Waals surface area contributed by atoms with Crippen LogP contribution >= 0.6 is 0 Å². The van der Waals surface area contributed by atoms with Gasteiger partial charge in [-0.25, -0.2) is 0 Å². The van der Waals surface area contributed by atoms with Gasteiger partial charge >= 0.3 is 5.97 Å². The van der Waals surface area contributed by atoms with Gasteiger partial charge in [-0.3, -0.25) is 9.69 Å². The summed E-state index contributed by atoms with van der Waals surface area (Å²) in [5, 5.41) is 2.42. The zero-order valence-electron chi connectivity index (χ0n) is 19.5. The van der Waals surface area contributed by atoms with Gasteiger partial charge in [0, 0.05) is 18.5 Å². The number of carbonyl (C=O) groups is 1. The zero-order chi connectivity index (χ0) is 22.0. The van der Waals surface area contributed by atoms with E-state index in [1.807, 2.05) is 0 Å². The van der Waals surface area contributed by atoms with Crippen LogP contribution in [0.2, 0.25) is 0 Å². The van der Waals surface area contributed by atoms with Crippen LogP contribution in [-0.4, -0.2) is 37.2 Å². The van der Waals surface area contributed by atoms with Crippen molar-refractivity contribution in [3.63, 3.8) is 0 Å². The maximum atomic E-state index is 11.8. The Kier molecular flexibility index (Phi) is 6.57. The van der Waals surface area contributed by atoms with Gasteiger partial charge in [-0.05, 0) is 73.1 Å². The standard InChI is InChI=1S/C27H37NO3/c1-27(2,3)22-9-11-23(12-10-22)31-25-7-5-6-20-16-19(8-13-24(20)25)17-28-15-14-21(18-28)26(29)30-4/h5-8,13,16,21-23H,9-12,14-15,17-18H2,1-4H3/t21?,22-,23-. The molecule has 2 aromatic carbocycles. The molecule has 1 unspecified atom stereocenters. The SMILES string of the molecule is COC(=O)C1CCN(Cc2ccc3c(O[C@H]4CC[C@H](C(C)(C)C)CC4)cccc3c2)C1. The molecule has 4 nitrogen and oxygen atoms in total. The van der Waals surface area contributed by atoms with Gasteiger partial charge in [-0.15, -0.1) is 0 Å². The summed E-state index contributed by atoms with van der Waals surface area (Å²) >= 11 is 0. The number of esters is 1. The first-order chi connectivity index (χ1) is 14.8. The van der Waals surface area contributed by atoms with Gasteiger partial charge in [0.2, 0.25) is 0 Å². The lowest BCUT2D eigenvalue weighted by molar-refractivity contribution is -0.144. The molecule has 4 heteroatoms. The van der Waals surface area contributed by atoms with Gasteiger partial charge in [0.05, 0.1) is 19.1 Å². The maximum absolute atomic E-state index is 11.8. The molecule has 168 valence electrons. The van der Waals surface area contributed by atoms with Gasteiger partial charge in [0.25, 0.3) is 0 Å². The lowest BCUT2D eigenvalue weighted by Crippen LogP contribution is -2.30. The Hall–Kier alpha value is -2.07. The Morgan fingerprint density at radius 1 is 1.06 bits per heavy atom. The first-order valence-corrected chi connectivity index (χ1v) is 11.8. The summed E-state index contributed by atoms with van der Waals surface area (Å²) in [6, 6.07) is 13.1. The van der Waals surface area contributed by atoms with E-state index in [9.17, 15) is 4.79 Å². The van der Waals surface area contributed by atoms with Crippen LogP contribution in [0, 0.1) is 17.3 Å². The number of methoxy groups -OCH3 is 1. The number of ether oxygens (including phenoxy) is 2. The molecule has 0 radical (unpaired) electrons. The van der Waals surface area contributed by atoms with Crippen LogP contribution in [0.5, 0.6) is 5.75 Å². The van der Waals surface area contributed by atoms with Crippen molar-refractivity contribution in [3.8, 4) is 5.75 Å². The molecule has 0 amide bonds. The van der Waals surface area contributed by atoms with E-state index in [1.165, 1.54) is 36.3 Å². The van der Waals surface area contributed by atoms with Gasteiger partial charge in [0.15, 0.2) is 0 Å². The summed E-state index contributed by atoms with van der Waals surface area (Å²) in [6.07, 6.45) is 6.01. The lowest BCUT2D eigenvalue weighted by Gasteiger charge is -2.37. The predicted molar refractivity (Wildman–Crippen MR) is 125 cm³/mol. The maximum Gasteiger partial charge on any atom is 0.310 e. The normalized spacial score (nSPS) is 25.0. The van der Waals surface area contributed by atoms with Gasteiger partial charge in [-0.2, -0.15) is 0 Å². The Morgan fingerprint density at radius 3 is 2.55 bits per heavy atom. The molecular weight excluding hydrogens is 386 g/mol. The van der Waals surface area contributed by atoms with Crippen molar-refractivity contribution in [1.82, 2.24) is 4.90 Å². The third-order valence-corrected chi connectivity index (χ3v) is 7.31. The number of hydrogen-bond acceptors (Lipinski definition) is 4. The third-order valence-electron chi connectivity index (χ3n) is 7.31. The van der Waals surface area contributed by atoms with Crippen LogP contribution in [0.4, 0.5) is 0 Å². The van der Waals surface area contributed by atoms with Crippen molar-refractivity contribution in [3.05, 3.63) is 42.0 Å². The number of rotatable bonds is 5. The molecule has 0 spiro atoms. The summed E-state index contributed by atoms with van der Waals surface area (Å²) in [6.45, 7) is 9.67. The van der Waals surface area contributed by atoms with Crippen molar-refractivity contribution in [2.24, 2.45) is 17.3 Å². The molecule has 1 aliphatic heterocycles. The highest BCUT2D eigenvalue weighted by atomic mass is 16.5. The van der Waals surface area contributed by atoms with E-state index in [1.54, 1.807) is 0 Å². The monoisotopic (exact) mass is 423 g/mol. The fraction of sp³-hybridized carbons (Fsp3) is 0.593. The minimum Gasteiger partial charge on any atom is -0.490 e. The largest absolute Gasteiger partial charge is 0.490 e. The highest BCUT2D eigenvalue weighted by Crippen LogP contribution is 2.39. The van der Waals surface area contributed by atoms with Crippen LogP contribution in [0.25, 0.3) is 10.8 Å². The molecule has 1 saturated carbocycles. The molecular formula is C27H37NO3. The van der Waals surface area contributed by atoms with E-state index in [2.05, 4.69) is 62.1 Å². The van der Waals surface area contributed by atoms with E-state index >= 15 is 0 Å².